The van der Waals surface area contributed by atoms with Crippen LogP contribution >= 0.6 is 0 Å². The molecule has 1 atom stereocenters. The van der Waals surface area contributed by atoms with Crippen LogP contribution in [0.4, 0.5) is 0 Å². The molecular formula is C18H30N4O. The Morgan fingerprint density at radius 3 is 2.61 bits per heavy atom. The SMILES string of the molecule is CN=C(NCc1ccccc1CN(C)C)N(C)CC1CCOC1. The summed E-state index contributed by atoms with van der Waals surface area (Å²) in [5.41, 5.74) is 2.67. The van der Waals surface area contributed by atoms with E-state index in [4.69, 9.17) is 4.74 Å². The van der Waals surface area contributed by atoms with Gasteiger partial charge >= 0.3 is 0 Å². The summed E-state index contributed by atoms with van der Waals surface area (Å²) in [6.45, 7) is 4.49. The molecule has 0 radical (unpaired) electrons. The van der Waals surface area contributed by atoms with Gasteiger partial charge in [-0.25, -0.2) is 0 Å². The van der Waals surface area contributed by atoms with Gasteiger partial charge in [-0.15, -0.1) is 0 Å². The van der Waals surface area contributed by atoms with E-state index in [9.17, 15) is 0 Å². The van der Waals surface area contributed by atoms with E-state index < -0.39 is 0 Å². The molecule has 1 N–H and O–H groups in total. The van der Waals surface area contributed by atoms with E-state index in [0.29, 0.717) is 5.92 Å². The molecule has 0 saturated carbocycles. The van der Waals surface area contributed by atoms with Crippen molar-refractivity contribution >= 4 is 5.96 Å². The molecular weight excluding hydrogens is 288 g/mol. The van der Waals surface area contributed by atoms with Crippen molar-refractivity contribution in [1.29, 1.82) is 0 Å². The molecule has 1 aliphatic heterocycles. The Labute approximate surface area is 140 Å². The zero-order chi connectivity index (χ0) is 16.7. The Hall–Kier alpha value is -1.59. The smallest absolute Gasteiger partial charge is 0.193 e. The minimum Gasteiger partial charge on any atom is -0.381 e. The first-order valence-corrected chi connectivity index (χ1v) is 8.31. The molecule has 1 heterocycles. The monoisotopic (exact) mass is 318 g/mol. The first-order chi connectivity index (χ1) is 11.1. The van der Waals surface area contributed by atoms with E-state index in [1.807, 2.05) is 7.05 Å². The number of nitrogens with one attached hydrogen (secondary N) is 1. The molecule has 0 bridgehead atoms. The van der Waals surface area contributed by atoms with Crippen LogP contribution in [0.1, 0.15) is 17.5 Å². The molecule has 0 amide bonds. The lowest BCUT2D eigenvalue weighted by Gasteiger charge is -2.25. The Morgan fingerprint density at radius 1 is 1.26 bits per heavy atom. The van der Waals surface area contributed by atoms with Crippen molar-refractivity contribution in [3.05, 3.63) is 35.4 Å². The van der Waals surface area contributed by atoms with Gasteiger partial charge < -0.3 is 19.9 Å². The minimum atomic E-state index is 0.611. The zero-order valence-electron chi connectivity index (χ0n) is 14.9. The van der Waals surface area contributed by atoms with Crippen molar-refractivity contribution in [3.8, 4) is 0 Å². The summed E-state index contributed by atoms with van der Waals surface area (Å²) in [6, 6.07) is 8.57. The molecule has 1 unspecified atom stereocenters. The highest BCUT2D eigenvalue weighted by molar-refractivity contribution is 5.79. The summed E-state index contributed by atoms with van der Waals surface area (Å²) in [5.74, 6) is 1.55. The predicted molar refractivity (Wildman–Crippen MR) is 95.6 cm³/mol. The highest BCUT2D eigenvalue weighted by atomic mass is 16.5. The molecule has 0 aliphatic carbocycles. The number of guanidine groups is 1. The number of benzene rings is 1. The fourth-order valence-electron chi connectivity index (χ4n) is 2.98. The third kappa shape index (κ3) is 5.52. The van der Waals surface area contributed by atoms with E-state index in [-0.39, 0.29) is 0 Å². The maximum atomic E-state index is 5.46. The van der Waals surface area contributed by atoms with Crippen LogP contribution in [0.2, 0.25) is 0 Å². The molecule has 2 rings (SSSR count). The van der Waals surface area contributed by atoms with E-state index >= 15 is 0 Å². The highest BCUT2D eigenvalue weighted by Gasteiger charge is 2.19. The third-order valence-electron chi connectivity index (χ3n) is 4.17. The third-order valence-corrected chi connectivity index (χ3v) is 4.17. The van der Waals surface area contributed by atoms with Crippen LogP contribution in [-0.4, -0.2) is 63.7 Å². The van der Waals surface area contributed by atoms with Crippen LogP contribution in [0.3, 0.4) is 0 Å². The number of rotatable bonds is 6. The maximum absolute atomic E-state index is 5.46. The number of aliphatic imine (C=N–C) groups is 1. The summed E-state index contributed by atoms with van der Waals surface area (Å²) in [7, 11) is 8.14. The number of hydrogen-bond donors (Lipinski definition) is 1. The Balaban J connectivity index is 1.92. The average Bonchev–Trinajstić information content (AvgIpc) is 3.01. The van der Waals surface area contributed by atoms with Crippen molar-refractivity contribution in [2.45, 2.75) is 19.5 Å². The average molecular weight is 318 g/mol. The van der Waals surface area contributed by atoms with Crippen LogP contribution in [0.15, 0.2) is 29.3 Å². The topological polar surface area (TPSA) is 40.1 Å². The fraction of sp³-hybridized carbons (Fsp3) is 0.611. The second kappa shape index (κ2) is 8.89. The maximum Gasteiger partial charge on any atom is 0.193 e. The van der Waals surface area contributed by atoms with E-state index in [1.165, 1.54) is 11.1 Å². The van der Waals surface area contributed by atoms with Crippen molar-refractivity contribution in [2.75, 3.05) is 47.9 Å². The fourth-order valence-corrected chi connectivity index (χ4v) is 2.98. The van der Waals surface area contributed by atoms with Crippen LogP contribution in [-0.2, 0) is 17.8 Å². The van der Waals surface area contributed by atoms with Gasteiger partial charge in [-0.3, -0.25) is 4.99 Å². The van der Waals surface area contributed by atoms with E-state index in [1.54, 1.807) is 0 Å². The Morgan fingerprint density at radius 2 is 2.00 bits per heavy atom. The van der Waals surface area contributed by atoms with Gasteiger partial charge in [0.25, 0.3) is 0 Å². The largest absolute Gasteiger partial charge is 0.381 e. The molecule has 1 aliphatic rings. The molecule has 23 heavy (non-hydrogen) atoms. The van der Waals surface area contributed by atoms with E-state index in [2.05, 4.69) is 65.5 Å². The normalized spacial score (nSPS) is 18.5. The second-order valence-electron chi connectivity index (χ2n) is 6.52. The molecule has 5 heteroatoms. The van der Waals surface area contributed by atoms with Crippen molar-refractivity contribution in [2.24, 2.45) is 10.9 Å². The summed E-state index contributed by atoms with van der Waals surface area (Å²) < 4.78 is 5.46. The van der Waals surface area contributed by atoms with Gasteiger partial charge in [0.2, 0.25) is 0 Å². The lowest BCUT2D eigenvalue weighted by Crippen LogP contribution is -2.41. The first-order valence-electron chi connectivity index (χ1n) is 8.31. The highest BCUT2D eigenvalue weighted by Crippen LogP contribution is 2.14. The number of nitrogens with zero attached hydrogens (tertiary/aromatic N) is 3. The summed E-state index contributed by atoms with van der Waals surface area (Å²) in [4.78, 5) is 8.81. The van der Waals surface area contributed by atoms with Gasteiger partial charge in [0.05, 0.1) is 6.61 Å². The van der Waals surface area contributed by atoms with Gasteiger partial charge in [-0.1, -0.05) is 24.3 Å². The van der Waals surface area contributed by atoms with Crippen molar-refractivity contribution in [1.82, 2.24) is 15.1 Å². The minimum absolute atomic E-state index is 0.611. The zero-order valence-corrected chi connectivity index (χ0v) is 14.9. The summed E-state index contributed by atoms with van der Waals surface area (Å²) in [5, 5.41) is 3.49. The van der Waals surface area contributed by atoms with Crippen LogP contribution in [0.5, 0.6) is 0 Å². The standard InChI is InChI=1S/C18H30N4O/c1-19-18(22(4)12-15-9-10-23-14-15)20-11-16-7-5-6-8-17(16)13-21(2)3/h5-8,15H,9-14H2,1-4H3,(H,19,20). The predicted octanol–water partition coefficient (Wildman–Crippen LogP) is 1.79. The van der Waals surface area contributed by atoms with Gasteiger partial charge in [0.1, 0.15) is 0 Å². The quantitative estimate of drug-likeness (QED) is 0.641. The first kappa shape index (κ1) is 17.8. The Kier molecular flexibility index (Phi) is 6.86. The van der Waals surface area contributed by atoms with Crippen LogP contribution in [0.25, 0.3) is 0 Å². The van der Waals surface area contributed by atoms with E-state index in [0.717, 1.165) is 45.2 Å². The number of ether oxygens (including phenoxy) is 1. The molecule has 1 saturated heterocycles. The second-order valence-corrected chi connectivity index (χ2v) is 6.52. The molecule has 0 spiro atoms. The summed E-state index contributed by atoms with van der Waals surface area (Å²) in [6.07, 6.45) is 1.15. The molecule has 0 aromatic heterocycles. The van der Waals surface area contributed by atoms with Gasteiger partial charge in [-0.2, -0.15) is 0 Å². The van der Waals surface area contributed by atoms with Gasteiger partial charge in [0, 0.05) is 46.3 Å². The lowest BCUT2D eigenvalue weighted by atomic mass is 10.1. The van der Waals surface area contributed by atoms with Gasteiger partial charge in [0.15, 0.2) is 5.96 Å². The molecule has 128 valence electrons. The molecule has 5 nitrogen and oxygen atoms in total. The number of hydrogen-bond acceptors (Lipinski definition) is 3. The summed E-state index contributed by atoms with van der Waals surface area (Å²) >= 11 is 0. The van der Waals surface area contributed by atoms with Crippen molar-refractivity contribution in [3.63, 3.8) is 0 Å². The van der Waals surface area contributed by atoms with Crippen LogP contribution < -0.4 is 5.32 Å². The lowest BCUT2D eigenvalue weighted by molar-refractivity contribution is 0.181. The van der Waals surface area contributed by atoms with Gasteiger partial charge in [-0.05, 0) is 31.6 Å². The van der Waals surface area contributed by atoms with Crippen LogP contribution in [0, 0.1) is 5.92 Å². The Bertz CT molecular complexity index is 509. The molecule has 1 aromatic carbocycles. The molecule has 1 fully saturated rings. The van der Waals surface area contributed by atoms with Crippen molar-refractivity contribution < 1.29 is 4.74 Å². The molecule has 1 aromatic rings.